The first-order valence-electron chi connectivity index (χ1n) is 11.2. The van der Waals surface area contributed by atoms with E-state index >= 15 is 0 Å². The highest BCUT2D eigenvalue weighted by molar-refractivity contribution is 6.30. The van der Waals surface area contributed by atoms with Crippen molar-refractivity contribution in [3.8, 4) is 28.1 Å². The minimum atomic E-state index is -0.360. The molecule has 7 heteroatoms. The van der Waals surface area contributed by atoms with Crippen LogP contribution >= 0.6 is 11.6 Å². The number of H-pyrrole nitrogens is 1. The van der Waals surface area contributed by atoms with Gasteiger partial charge in [-0.25, -0.2) is 9.07 Å². The number of benzene rings is 4. The average molecular weight is 498 g/mol. The molecule has 0 aliphatic carbocycles. The molecule has 0 aliphatic rings. The average Bonchev–Trinajstić information content (AvgIpc) is 3.22. The molecular formula is C29H21ClFN3O2. The molecule has 0 bridgehead atoms. The smallest absolute Gasteiger partial charge is 0.279 e. The van der Waals surface area contributed by atoms with Gasteiger partial charge in [-0.15, -0.1) is 0 Å². The van der Waals surface area contributed by atoms with Crippen LogP contribution in [0.4, 0.5) is 10.1 Å². The van der Waals surface area contributed by atoms with Gasteiger partial charge in [0.05, 0.1) is 16.9 Å². The van der Waals surface area contributed by atoms with E-state index in [4.69, 9.17) is 11.6 Å². The summed E-state index contributed by atoms with van der Waals surface area (Å²) >= 11 is 5.90. The molecule has 0 radical (unpaired) electrons. The molecular weight excluding hydrogens is 477 g/mol. The quantitative estimate of drug-likeness (QED) is 0.279. The van der Waals surface area contributed by atoms with Gasteiger partial charge in [0, 0.05) is 21.8 Å². The molecule has 4 aromatic carbocycles. The molecule has 36 heavy (non-hydrogen) atoms. The summed E-state index contributed by atoms with van der Waals surface area (Å²) < 4.78 is 15.1. The summed E-state index contributed by atoms with van der Waals surface area (Å²) in [6.07, 6.45) is 0. The summed E-state index contributed by atoms with van der Waals surface area (Å²) in [7, 11) is 0. The van der Waals surface area contributed by atoms with Crippen molar-refractivity contribution < 1.29 is 9.18 Å². The lowest BCUT2D eigenvalue weighted by molar-refractivity contribution is 0.102. The van der Waals surface area contributed by atoms with E-state index < -0.39 is 0 Å². The minimum absolute atomic E-state index is 0.240. The molecule has 0 aliphatic heterocycles. The van der Waals surface area contributed by atoms with Gasteiger partial charge in [0.25, 0.3) is 11.5 Å². The number of hydrogen-bond acceptors (Lipinski definition) is 2. The topological polar surface area (TPSA) is 66.9 Å². The highest BCUT2D eigenvalue weighted by Crippen LogP contribution is 2.30. The molecule has 0 saturated heterocycles. The highest BCUT2D eigenvalue weighted by Gasteiger charge is 2.19. The fraction of sp³-hybridized carbons (Fsp3) is 0.0345. The molecule has 5 nitrogen and oxygen atoms in total. The lowest BCUT2D eigenvalue weighted by Crippen LogP contribution is -2.15. The molecule has 1 aromatic heterocycles. The molecule has 0 unspecified atom stereocenters. The first-order chi connectivity index (χ1) is 17.4. The summed E-state index contributed by atoms with van der Waals surface area (Å²) in [5.41, 5.74) is 4.93. The monoisotopic (exact) mass is 497 g/mol. The normalized spacial score (nSPS) is 10.9. The van der Waals surface area contributed by atoms with Crippen LogP contribution in [0.15, 0.2) is 102 Å². The fourth-order valence-corrected chi connectivity index (χ4v) is 4.06. The predicted octanol–water partition coefficient (Wildman–Crippen LogP) is 6.85. The van der Waals surface area contributed by atoms with Gasteiger partial charge < -0.3 is 5.32 Å². The van der Waals surface area contributed by atoms with Crippen molar-refractivity contribution in [1.82, 2.24) is 9.78 Å². The second-order valence-electron chi connectivity index (χ2n) is 8.38. The van der Waals surface area contributed by atoms with Gasteiger partial charge in [0.2, 0.25) is 0 Å². The third-order valence-corrected chi connectivity index (χ3v) is 6.11. The first kappa shape index (κ1) is 23.3. The Labute approximate surface area is 211 Å². The largest absolute Gasteiger partial charge is 0.322 e. The van der Waals surface area contributed by atoms with Crippen LogP contribution in [0.3, 0.4) is 0 Å². The number of amides is 1. The van der Waals surface area contributed by atoms with E-state index in [2.05, 4.69) is 10.4 Å². The fourth-order valence-electron chi connectivity index (χ4n) is 3.93. The number of aromatic amines is 1. The zero-order chi connectivity index (χ0) is 25.2. The first-order valence-corrected chi connectivity index (χ1v) is 11.6. The Kier molecular flexibility index (Phi) is 6.27. The Morgan fingerprint density at radius 3 is 2.08 bits per heavy atom. The third-order valence-electron chi connectivity index (χ3n) is 5.85. The number of aryl methyl sites for hydroxylation is 1. The van der Waals surface area contributed by atoms with E-state index in [0.29, 0.717) is 44.3 Å². The zero-order valence-corrected chi connectivity index (χ0v) is 20.0. The predicted molar refractivity (Wildman–Crippen MR) is 141 cm³/mol. The van der Waals surface area contributed by atoms with Crippen molar-refractivity contribution in [3.05, 3.63) is 129 Å². The number of rotatable bonds is 5. The number of nitrogens with zero attached hydrogens (tertiary/aromatic N) is 1. The number of carbonyl (C=O) groups excluding carboxylic acids is 1. The van der Waals surface area contributed by atoms with Crippen molar-refractivity contribution in [1.29, 1.82) is 0 Å². The number of halogens is 2. The second kappa shape index (κ2) is 9.68. The summed E-state index contributed by atoms with van der Waals surface area (Å²) in [6, 6.07) is 27.2. The van der Waals surface area contributed by atoms with E-state index in [1.807, 2.05) is 31.2 Å². The molecule has 0 saturated carbocycles. The Morgan fingerprint density at radius 1 is 0.833 bits per heavy atom. The summed E-state index contributed by atoms with van der Waals surface area (Å²) in [5.74, 6) is -0.629. The maximum atomic E-state index is 13.6. The van der Waals surface area contributed by atoms with E-state index in [1.165, 1.54) is 16.8 Å². The Morgan fingerprint density at radius 2 is 1.44 bits per heavy atom. The molecule has 0 atom stereocenters. The summed E-state index contributed by atoms with van der Waals surface area (Å²) in [4.78, 5) is 26.1. The van der Waals surface area contributed by atoms with Gasteiger partial charge in [0.15, 0.2) is 0 Å². The van der Waals surface area contributed by atoms with Crippen LogP contribution in [-0.4, -0.2) is 15.7 Å². The van der Waals surface area contributed by atoms with Crippen molar-refractivity contribution in [3.63, 3.8) is 0 Å². The van der Waals surface area contributed by atoms with Gasteiger partial charge in [-0.05, 0) is 85.3 Å². The molecule has 1 amide bonds. The van der Waals surface area contributed by atoms with Gasteiger partial charge in [0.1, 0.15) is 5.82 Å². The Balaban J connectivity index is 1.53. The molecule has 2 N–H and O–H groups in total. The zero-order valence-electron chi connectivity index (χ0n) is 19.3. The molecule has 0 fully saturated rings. The molecule has 5 rings (SSSR count). The van der Waals surface area contributed by atoms with Crippen LogP contribution in [-0.2, 0) is 0 Å². The number of nitrogens with one attached hydrogen (secondary N) is 2. The van der Waals surface area contributed by atoms with Crippen molar-refractivity contribution in [2.75, 3.05) is 5.32 Å². The molecule has 0 spiro atoms. The lowest BCUT2D eigenvalue weighted by Gasteiger charge is -2.07. The van der Waals surface area contributed by atoms with Crippen molar-refractivity contribution >= 4 is 23.2 Å². The van der Waals surface area contributed by atoms with E-state index in [-0.39, 0.29) is 17.3 Å². The van der Waals surface area contributed by atoms with Gasteiger partial charge in [-0.1, -0.05) is 41.4 Å². The highest BCUT2D eigenvalue weighted by atomic mass is 35.5. The van der Waals surface area contributed by atoms with Crippen LogP contribution in [0.25, 0.3) is 28.1 Å². The number of anilines is 1. The van der Waals surface area contributed by atoms with Crippen LogP contribution < -0.4 is 10.9 Å². The van der Waals surface area contributed by atoms with E-state index in [1.54, 1.807) is 60.7 Å². The van der Waals surface area contributed by atoms with Gasteiger partial charge in [-0.3, -0.25) is 14.7 Å². The maximum absolute atomic E-state index is 13.6. The van der Waals surface area contributed by atoms with Crippen LogP contribution in [0.5, 0.6) is 0 Å². The molecule has 5 aromatic rings. The number of aromatic nitrogens is 2. The minimum Gasteiger partial charge on any atom is -0.322 e. The summed E-state index contributed by atoms with van der Waals surface area (Å²) in [5, 5.41) is 6.59. The van der Waals surface area contributed by atoms with E-state index in [9.17, 15) is 14.0 Å². The van der Waals surface area contributed by atoms with Crippen LogP contribution in [0.1, 0.15) is 15.9 Å². The van der Waals surface area contributed by atoms with Crippen molar-refractivity contribution in [2.24, 2.45) is 0 Å². The van der Waals surface area contributed by atoms with Crippen LogP contribution in [0.2, 0.25) is 5.02 Å². The second-order valence-corrected chi connectivity index (χ2v) is 8.82. The lowest BCUT2D eigenvalue weighted by atomic mass is 10.0. The van der Waals surface area contributed by atoms with Crippen LogP contribution in [0, 0.1) is 12.7 Å². The molecule has 178 valence electrons. The van der Waals surface area contributed by atoms with Crippen molar-refractivity contribution in [2.45, 2.75) is 6.92 Å². The summed E-state index contributed by atoms with van der Waals surface area (Å²) in [6.45, 7) is 1.98. The standard InChI is InChI=1S/C29H21ClFN3O2/c1-18-2-16-25(17-3-18)34-29(36)26(27(33-34)20-6-12-23(31)13-7-20)19-8-14-24(15-9-19)32-28(35)21-4-10-22(30)11-5-21/h2-17,33H,1H3,(H,32,35). The SMILES string of the molecule is Cc1ccc(-n2[nH]c(-c3ccc(F)cc3)c(-c3ccc(NC(=O)c4ccc(Cl)cc4)cc3)c2=O)cc1. The Bertz CT molecular complexity index is 1590. The van der Waals surface area contributed by atoms with Gasteiger partial charge >= 0.3 is 0 Å². The molecule has 1 heterocycles. The van der Waals surface area contributed by atoms with Gasteiger partial charge in [-0.2, -0.15) is 0 Å². The maximum Gasteiger partial charge on any atom is 0.279 e. The third kappa shape index (κ3) is 4.72. The number of hydrogen-bond donors (Lipinski definition) is 2. The van der Waals surface area contributed by atoms with E-state index in [0.717, 1.165) is 5.56 Å². The number of carbonyl (C=O) groups is 1. The Hall–Kier alpha value is -4.42.